The molecule has 0 unspecified atom stereocenters. The van der Waals surface area contributed by atoms with Crippen LogP contribution in [0.15, 0.2) is 35.6 Å². The van der Waals surface area contributed by atoms with Crippen LogP contribution in [-0.2, 0) is 0 Å². The van der Waals surface area contributed by atoms with Crippen LogP contribution in [0.3, 0.4) is 0 Å². The van der Waals surface area contributed by atoms with Gasteiger partial charge in [-0.1, -0.05) is 81.4 Å². The fourth-order valence-corrected chi connectivity index (χ4v) is 2.21. The highest BCUT2D eigenvalue weighted by molar-refractivity contribution is 6.80. The highest BCUT2D eigenvalue weighted by atomic mass is 28.3. The second kappa shape index (κ2) is 9.47. The normalized spacial score (nSPS) is 14.1. The van der Waals surface area contributed by atoms with Gasteiger partial charge in [0.25, 0.3) is 0 Å². The van der Waals surface area contributed by atoms with Gasteiger partial charge in [-0.05, 0) is 19.8 Å². The van der Waals surface area contributed by atoms with Crippen molar-refractivity contribution in [3.05, 3.63) is 35.6 Å². The molecule has 0 saturated carbocycles. The van der Waals surface area contributed by atoms with Crippen LogP contribution in [0.1, 0.15) is 46.0 Å². The molecule has 0 saturated heterocycles. The molecular formula is C16H30Si. The molecule has 0 fully saturated rings. The Labute approximate surface area is 110 Å². The molecule has 0 aliphatic heterocycles. The van der Waals surface area contributed by atoms with Crippen LogP contribution in [0.4, 0.5) is 0 Å². The Bertz CT molecular complexity index is 264. The van der Waals surface area contributed by atoms with Gasteiger partial charge in [-0.25, -0.2) is 0 Å². The summed E-state index contributed by atoms with van der Waals surface area (Å²) < 4.78 is 0. The Kier molecular flexibility index (Phi) is 9.15. The summed E-state index contributed by atoms with van der Waals surface area (Å²) in [7, 11) is -1.02. The third-order valence-corrected chi connectivity index (χ3v) is 3.78. The minimum absolute atomic E-state index is 1.02. The first-order valence-electron chi connectivity index (χ1n) is 6.98. The first kappa shape index (κ1) is 16.4. The molecule has 0 atom stereocenters. The van der Waals surface area contributed by atoms with Crippen molar-refractivity contribution in [2.75, 3.05) is 0 Å². The Balaban J connectivity index is 3.83. The largest absolute Gasteiger partial charge is 0.0950 e. The van der Waals surface area contributed by atoms with Gasteiger partial charge < -0.3 is 0 Å². The monoisotopic (exact) mass is 250 g/mol. The van der Waals surface area contributed by atoms with Gasteiger partial charge in [0.05, 0.1) is 8.07 Å². The highest BCUT2D eigenvalue weighted by Gasteiger charge is 2.05. The lowest BCUT2D eigenvalue weighted by atomic mass is 10.1. The van der Waals surface area contributed by atoms with E-state index in [-0.39, 0.29) is 0 Å². The van der Waals surface area contributed by atoms with Gasteiger partial charge in [-0.15, -0.1) is 0 Å². The third kappa shape index (κ3) is 13.4. The Hall–Kier alpha value is -0.563. The van der Waals surface area contributed by atoms with Crippen molar-refractivity contribution in [2.45, 2.75) is 65.6 Å². The molecule has 0 spiro atoms. The van der Waals surface area contributed by atoms with Crippen LogP contribution < -0.4 is 0 Å². The van der Waals surface area contributed by atoms with Crippen LogP contribution in [0.25, 0.3) is 0 Å². The maximum Gasteiger partial charge on any atom is 0.0687 e. The average Bonchev–Trinajstić information content (AvgIpc) is 2.23. The quantitative estimate of drug-likeness (QED) is 0.286. The van der Waals surface area contributed by atoms with E-state index in [4.69, 9.17) is 0 Å². The van der Waals surface area contributed by atoms with Crippen LogP contribution in [0, 0.1) is 0 Å². The predicted octanol–water partition coefficient (Wildman–Crippen LogP) is 5.89. The van der Waals surface area contributed by atoms with Crippen molar-refractivity contribution in [3.8, 4) is 0 Å². The molecule has 0 aromatic heterocycles. The number of allylic oxidation sites excluding steroid dienone is 5. The van der Waals surface area contributed by atoms with Gasteiger partial charge in [0, 0.05) is 0 Å². The molecule has 0 aromatic carbocycles. The van der Waals surface area contributed by atoms with Gasteiger partial charge in [-0.2, -0.15) is 0 Å². The van der Waals surface area contributed by atoms with Gasteiger partial charge in [0.2, 0.25) is 0 Å². The van der Waals surface area contributed by atoms with Gasteiger partial charge >= 0.3 is 0 Å². The van der Waals surface area contributed by atoms with E-state index in [2.05, 4.69) is 63.5 Å². The van der Waals surface area contributed by atoms with Gasteiger partial charge in [0.1, 0.15) is 0 Å². The topological polar surface area (TPSA) is 0 Å². The minimum atomic E-state index is -1.02. The summed E-state index contributed by atoms with van der Waals surface area (Å²) in [6.45, 7) is 11.5. The maximum absolute atomic E-state index is 2.37. The maximum atomic E-state index is 2.37. The number of rotatable bonds is 8. The molecular weight excluding hydrogens is 220 g/mol. The van der Waals surface area contributed by atoms with E-state index >= 15 is 0 Å². The van der Waals surface area contributed by atoms with Crippen LogP contribution in [-0.4, -0.2) is 8.07 Å². The van der Waals surface area contributed by atoms with E-state index in [0.717, 1.165) is 0 Å². The lowest BCUT2D eigenvalue weighted by Crippen LogP contribution is -2.14. The SMILES string of the molecule is CCCCCC\C=C(C)/C=C/C=C/[Si](C)(C)C. The summed E-state index contributed by atoms with van der Waals surface area (Å²) in [5.41, 5.74) is 3.76. The van der Waals surface area contributed by atoms with Crippen molar-refractivity contribution in [3.63, 3.8) is 0 Å². The second-order valence-electron chi connectivity index (χ2n) is 5.88. The van der Waals surface area contributed by atoms with E-state index in [1.807, 2.05) is 0 Å². The zero-order valence-corrected chi connectivity index (χ0v) is 13.4. The lowest BCUT2D eigenvalue weighted by molar-refractivity contribution is 0.674. The van der Waals surface area contributed by atoms with E-state index < -0.39 is 8.07 Å². The van der Waals surface area contributed by atoms with Crippen LogP contribution in [0.5, 0.6) is 0 Å². The molecule has 0 bridgehead atoms. The molecule has 0 heterocycles. The zero-order chi connectivity index (χ0) is 13.1. The fraction of sp³-hybridized carbons (Fsp3) is 0.625. The van der Waals surface area contributed by atoms with Crippen molar-refractivity contribution >= 4 is 8.07 Å². The first-order chi connectivity index (χ1) is 7.95. The second-order valence-corrected chi connectivity index (χ2v) is 10.9. The van der Waals surface area contributed by atoms with Gasteiger partial charge in [0.15, 0.2) is 0 Å². The Morgan fingerprint density at radius 1 is 1.00 bits per heavy atom. The predicted molar refractivity (Wildman–Crippen MR) is 84.1 cm³/mol. The van der Waals surface area contributed by atoms with E-state index in [9.17, 15) is 0 Å². The molecule has 0 aliphatic rings. The Morgan fingerprint density at radius 3 is 2.29 bits per heavy atom. The number of unbranched alkanes of at least 4 members (excludes halogenated alkanes) is 4. The lowest BCUT2D eigenvalue weighted by Gasteiger charge is -2.06. The van der Waals surface area contributed by atoms with Gasteiger partial charge in [-0.3, -0.25) is 0 Å². The number of hydrogen-bond donors (Lipinski definition) is 0. The van der Waals surface area contributed by atoms with Crippen LogP contribution in [0.2, 0.25) is 19.6 Å². The molecule has 1 heteroatoms. The number of hydrogen-bond acceptors (Lipinski definition) is 0. The molecule has 0 aliphatic carbocycles. The van der Waals surface area contributed by atoms with Crippen molar-refractivity contribution in [2.24, 2.45) is 0 Å². The Morgan fingerprint density at radius 2 is 1.71 bits per heavy atom. The molecule has 0 rings (SSSR count). The molecule has 0 amide bonds. The average molecular weight is 251 g/mol. The molecule has 0 aromatic rings. The fourth-order valence-electron chi connectivity index (χ4n) is 1.52. The molecule has 98 valence electrons. The molecule has 0 N–H and O–H groups in total. The van der Waals surface area contributed by atoms with Crippen molar-refractivity contribution in [1.82, 2.24) is 0 Å². The third-order valence-electron chi connectivity index (χ3n) is 2.59. The van der Waals surface area contributed by atoms with Crippen molar-refractivity contribution in [1.29, 1.82) is 0 Å². The molecule has 0 radical (unpaired) electrons. The minimum Gasteiger partial charge on any atom is -0.0950 e. The van der Waals surface area contributed by atoms with E-state index in [1.54, 1.807) is 0 Å². The summed E-state index contributed by atoms with van der Waals surface area (Å²) in [5, 5.41) is 0. The molecule has 17 heavy (non-hydrogen) atoms. The van der Waals surface area contributed by atoms with Crippen molar-refractivity contribution < 1.29 is 0 Å². The smallest absolute Gasteiger partial charge is 0.0687 e. The highest BCUT2D eigenvalue weighted by Crippen LogP contribution is 2.06. The summed E-state index contributed by atoms with van der Waals surface area (Å²) in [4.78, 5) is 0. The summed E-state index contributed by atoms with van der Waals surface area (Å²) in [6.07, 6.45) is 15.6. The summed E-state index contributed by atoms with van der Waals surface area (Å²) >= 11 is 0. The van der Waals surface area contributed by atoms with E-state index in [1.165, 1.54) is 37.7 Å². The van der Waals surface area contributed by atoms with Crippen LogP contribution >= 0.6 is 0 Å². The summed E-state index contributed by atoms with van der Waals surface area (Å²) in [5.74, 6) is 0. The molecule has 0 nitrogen and oxygen atoms in total. The standard InChI is InChI=1S/C16H30Si/c1-6-7-8-9-10-13-16(2)14-11-12-15-17(3,4)5/h11-15H,6-10H2,1-5H3/b14-11+,15-12+,16-13-. The summed E-state index contributed by atoms with van der Waals surface area (Å²) in [6, 6.07) is 0. The first-order valence-corrected chi connectivity index (χ1v) is 10.6. The zero-order valence-electron chi connectivity index (χ0n) is 12.4. The van der Waals surface area contributed by atoms with E-state index in [0.29, 0.717) is 0 Å².